The fourth-order valence-electron chi connectivity index (χ4n) is 1.46. The van der Waals surface area contributed by atoms with Crippen LogP contribution in [0, 0.1) is 17.8 Å². The molecule has 0 aromatic carbocycles. The zero-order chi connectivity index (χ0) is 10.4. The second-order valence-electron chi connectivity index (χ2n) is 4.01. The van der Waals surface area contributed by atoms with E-state index in [9.17, 15) is 4.79 Å². The minimum atomic E-state index is -0.710. The molecule has 2 unspecified atom stereocenters. The van der Waals surface area contributed by atoms with Gasteiger partial charge in [-0.1, -0.05) is 20.8 Å². The second kappa shape index (κ2) is 5.97. The van der Waals surface area contributed by atoms with Gasteiger partial charge in [0, 0.05) is 13.7 Å². The zero-order valence-corrected chi connectivity index (χ0v) is 8.91. The second-order valence-corrected chi connectivity index (χ2v) is 4.01. The molecule has 3 nitrogen and oxygen atoms in total. The van der Waals surface area contributed by atoms with Gasteiger partial charge < -0.3 is 9.84 Å². The fourth-order valence-corrected chi connectivity index (χ4v) is 1.46. The van der Waals surface area contributed by atoms with E-state index in [0.717, 1.165) is 6.42 Å². The predicted octanol–water partition coefficient (Wildman–Crippen LogP) is 2.02. The highest BCUT2D eigenvalue weighted by Crippen LogP contribution is 2.20. The van der Waals surface area contributed by atoms with Gasteiger partial charge in [-0.05, 0) is 18.3 Å². The van der Waals surface area contributed by atoms with Crippen molar-refractivity contribution in [1.29, 1.82) is 0 Å². The Bertz CT molecular complexity index is 154. The molecule has 0 amide bonds. The highest BCUT2D eigenvalue weighted by molar-refractivity contribution is 5.70. The third-order valence-electron chi connectivity index (χ3n) is 2.16. The number of hydrogen-bond acceptors (Lipinski definition) is 2. The van der Waals surface area contributed by atoms with Gasteiger partial charge in [0.05, 0.1) is 5.92 Å². The van der Waals surface area contributed by atoms with Crippen LogP contribution in [-0.2, 0) is 9.53 Å². The number of methoxy groups -OCH3 is 1. The summed E-state index contributed by atoms with van der Waals surface area (Å²) in [5, 5.41) is 8.96. The summed E-state index contributed by atoms with van der Waals surface area (Å²) in [6.45, 7) is 6.51. The normalized spacial score (nSPS) is 15.8. The van der Waals surface area contributed by atoms with Crippen molar-refractivity contribution in [2.75, 3.05) is 13.7 Å². The molecule has 0 aliphatic carbocycles. The van der Waals surface area contributed by atoms with Gasteiger partial charge in [-0.2, -0.15) is 0 Å². The van der Waals surface area contributed by atoms with E-state index in [-0.39, 0.29) is 11.8 Å². The predicted molar refractivity (Wildman–Crippen MR) is 51.6 cm³/mol. The van der Waals surface area contributed by atoms with Crippen LogP contribution in [-0.4, -0.2) is 24.8 Å². The molecule has 0 bridgehead atoms. The Kier molecular flexibility index (Phi) is 5.71. The number of carboxylic acid groups (broad SMARTS) is 1. The van der Waals surface area contributed by atoms with Crippen molar-refractivity contribution in [3.63, 3.8) is 0 Å². The maximum absolute atomic E-state index is 10.9. The fraction of sp³-hybridized carbons (Fsp3) is 0.900. The summed E-state index contributed by atoms with van der Waals surface area (Å²) in [7, 11) is 1.60. The molecule has 2 atom stereocenters. The van der Waals surface area contributed by atoms with Crippen molar-refractivity contribution in [2.24, 2.45) is 17.8 Å². The van der Waals surface area contributed by atoms with Gasteiger partial charge >= 0.3 is 5.97 Å². The Morgan fingerprint density at radius 1 is 1.38 bits per heavy atom. The molecule has 0 aromatic heterocycles. The van der Waals surface area contributed by atoms with Crippen molar-refractivity contribution in [3.05, 3.63) is 0 Å². The zero-order valence-electron chi connectivity index (χ0n) is 8.91. The van der Waals surface area contributed by atoms with Crippen LogP contribution in [0.2, 0.25) is 0 Å². The molecule has 1 N–H and O–H groups in total. The van der Waals surface area contributed by atoms with E-state index in [0.29, 0.717) is 12.5 Å². The lowest BCUT2D eigenvalue weighted by molar-refractivity contribution is -0.144. The molecule has 0 spiro atoms. The lowest BCUT2D eigenvalue weighted by Crippen LogP contribution is -2.26. The number of rotatable bonds is 6. The minimum absolute atomic E-state index is 0.0879. The number of carbonyl (C=O) groups is 1. The number of aliphatic carboxylic acids is 1. The van der Waals surface area contributed by atoms with E-state index in [1.165, 1.54) is 0 Å². The van der Waals surface area contributed by atoms with Crippen LogP contribution in [0.15, 0.2) is 0 Å². The summed E-state index contributed by atoms with van der Waals surface area (Å²) >= 11 is 0. The first-order valence-electron chi connectivity index (χ1n) is 4.70. The van der Waals surface area contributed by atoms with Crippen molar-refractivity contribution in [3.8, 4) is 0 Å². The Morgan fingerprint density at radius 3 is 2.23 bits per heavy atom. The number of hydrogen-bond donors (Lipinski definition) is 1. The van der Waals surface area contributed by atoms with Crippen molar-refractivity contribution in [1.82, 2.24) is 0 Å². The van der Waals surface area contributed by atoms with Gasteiger partial charge in [0.25, 0.3) is 0 Å². The van der Waals surface area contributed by atoms with Gasteiger partial charge in [0.1, 0.15) is 0 Å². The highest BCUT2D eigenvalue weighted by Gasteiger charge is 2.25. The monoisotopic (exact) mass is 188 g/mol. The summed E-state index contributed by atoms with van der Waals surface area (Å²) in [6, 6.07) is 0. The first kappa shape index (κ1) is 12.4. The largest absolute Gasteiger partial charge is 0.481 e. The Morgan fingerprint density at radius 2 is 1.92 bits per heavy atom. The Hall–Kier alpha value is -0.570. The molecule has 0 saturated heterocycles. The van der Waals surface area contributed by atoms with E-state index < -0.39 is 5.97 Å². The average molecular weight is 188 g/mol. The smallest absolute Gasteiger partial charge is 0.306 e. The lowest BCUT2D eigenvalue weighted by Gasteiger charge is -2.20. The molecule has 78 valence electrons. The summed E-state index contributed by atoms with van der Waals surface area (Å²) in [5.41, 5.74) is 0. The quantitative estimate of drug-likeness (QED) is 0.693. The molecule has 3 heteroatoms. The number of ether oxygens (including phenoxy) is 1. The first-order valence-corrected chi connectivity index (χ1v) is 4.70. The lowest BCUT2D eigenvalue weighted by atomic mass is 9.87. The number of carboxylic acids is 1. The van der Waals surface area contributed by atoms with Gasteiger partial charge in [-0.15, -0.1) is 0 Å². The standard InChI is InChI=1S/C10H20O3/c1-7(2)5-9(10(11)12)8(3)6-13-4/h7-9H,5-6H2,1-4H3,(H,11,12). The maximum atomic E-state index is 10.9. The van der Waals surface area contributed by atoms with E-state index in [2.05, 4.69) is 0 Å². The molecule has 0 aliphatic heterocycles. The SMILES string of the molecule is COCC(C)C(CC(C)C)C(=O)O. The Labute approximate surface area is 80.1 Å². The van der Waals surface area contributed by atoms with Crippen LogP contribution in [0.5, 0.6) is 0 Å². The van der Waals surface area contributed by atoms with Crippen LogP contribution in [0.25, 0.3) is 0 Å². The molecule has 13 heavy (non-hydrogen) atoms. The van der Waals surface area contributed by atoms with E-state index in [1.807, 2.05) is 20.8 Å². The topological polar surface area (TPSA) is 46.5 Å². The van der Waals surface area contributed by atoms with Gasteiger partial charge in [0.2, 0.25) is 0 Å². The van der Waals surface area contributed by atoms with Crippen LogP contribution in [0.3, 0.4) is 0 Å². The molecular formula is C10H20O3. The van der Waals surface area contributed by atoms with E-state index in [4.69, 9.17) is 9.84 Å². The summed E-state index contributed by atoms with van der Waals surface area (Å²) in [4.78, 5) is 10.9. The summed E-state index contributed by atoms with van der Waals surface area (Å²) in [5.74, 6) is -0.483. The van der Waals surface area contributed by atoms with Crippen LogP contribution in [0.4, 0.5) is 0 Å². The maximum Gasteiger partial charge on any atom is 0.306 e. The molecule has 0 rings (SSSR count). The van der Waals surface area contributed by atoms with Crippen LogP contribution < -0.4 is 0 Å². The summed E-state index contributed by atoms with van der Waals surface area (Å²) < 4.78 is 4.95. The Balaban J connectivity index is 4.15. The molecule has 0 aliphatic rings. The van der Waals surface area contributed by atoms with E-state index >= 15 is 0 Å². The van der Waals surface area contributed by atoms with Gasteiger partial charge in [-0.25, -0.2) is 0 Å². The molecular weight excluding hydrogens is 168 g/mol. The van der Waals surface area contributed by atoms with Crippen LogP contribution in [0.1, 0.15) is 27.2 Å². The first-order chi connectivity index (χ1) is 5.99. The summed E-state index contributed by atoms with van der Waals surface area (Å²) in [6.07, 6.45) is 0.722. The van der Waals surface area contributed by atoms with Crippen molar-refractivity contribution < 1.29 is 14.6 Å². The third-order valence-corrected chi connectivity index (χ3v) is 2.16. The van der Waals surface area contributed by atoms with Crippen molar-refractivity contribution >= 4 is 5.97 Å². The van der Waals surface area contributed by atoms with E-state index in [1.54, 1.807) is 7.11 Å². The van der Waals surface area contributed by atoms with Crippen LogP contribution >= 0.6 is 0 Å². The molecule has 0 saturated carbocycles. The molecule has 0 aromatic rings. The van der Waals surface area contributed by atoms with Gasteiger partial charge in [-0.3, -0.25) is 4.79 Å². The third kappa shape index (κ3) is 4.88. The van der Waals surface area contributed by atoms with Gasteiger partial charge in [0.15, 0.2) is 0 Å². The minimum Gasteiger partial charge on any atom is -0.481 e. The molecule has 0 heterocycles. The molecule has 0 fully saturated rings. The highest BCUT2D eigenvalue weighted by atomic mass is 16.5. The molecule has 0 radical (unpaired) electrons. The van der Waals surface area contributed by atoms with Crippen molar-refractivity contribution in [2.45, 2.75) is 27.2 Å². The average Bonchev–Trinajstić information content (AvgIpc) is 1.99.